The minimum absolute atomic E-state index is 0.607. The summed E-state index contributed by atoms with van der Waals surface area (Å²) in [5, 5.41) is 0. The topological polar surface area (TPSA) is 26.3 Å². The second kappa shape index (κ2) is 4.40. The van der Waals surface area contributed by atoms with Crippen molar-refractivity contribution in [1.82, 2.24) is 0 Å². The highest BCUT2D eigenvalue weighted by Gasteiger charge is 2.72. The summed E-state index contributed by atoms with van der Waals surface area (Å²) < 4.78 is 87.2. The third kappa shape index (κ3) is 3.29. The van der Waals surface area contributed by atoms with Gasteiger partial charge in [0.1, 0.15) is 0 Å². The zero-order valence-corrected chi connectivity index (χ0v) is 9.48. The van der Waals surface area contributed by atoms with Crippen LogP contribution in [-0.4, -0.2) is 18.0 Å². The monoisotopic (exact) mass is 310 g/mol. The molecule has 0 heterocycles. The lowest BCUT2D eigenvalue weighted by molar-refractivity contribution is -0.336. The van der Waals surface area contributed by atoms with E-state index in [2.05, 4.69) is 33.6 Å². The molecule has 0 bridgehead atoms. The molecule has 11 heteroatoms. The highest BCUT2D eigenvalue weighted by atomic mass is 35.9. The fourth-order valence-electron chi connectivity index (χ4n) is 0.701. The summed E-state index contributed by atoms with van der Waals surface area (Å²) in [5.74, 6) is 0. The van der Waals surface area contributed by atoms with Gasteiger partial charge in [-0.15, -0.1) is 0 Å². The molecule has 0 unspecified atom stereocenters. The summed E-state index contributed by atoms with van der Waals surface area (Å²) in [5.41, 5.74) is -4.86. The average Bonchev–Trinajstić information content (AvgIpc) is 1.93. The van der Waals surface area contributed by atoms with Crippen LogP contribution in [0.1, 0.15) is 0 Å². The standard InChI is InChI=1S/C5H3Cl2F6O2P/c1-2-3(4(8,9)10,5(11,12)13)15-16(6,7)14/h2H,1H2. The van der Waals surface area contributed by atoms with Gasteiger partial charge in [0.15, 0.2) is 0 Å². The van der Waals surface area contributed by atoms with Crippen LogP contribution in [0.25, 0.3) is 0 Å². The summed E-state index contributed by atoms with van der Waals surface area (Å²) >= 11 is 9.12. The lowest BCUT2D eigenvalue weighted by Gasteiger charge is -2.33. The highest BCUT2D eigenvalue weighted by Crippen LogP contribution is 2.64. The largest absolute Gasteiger partial charge is 0.430 e. The van der Waals surface area contributed by atoms with Crippen LogP contribution >= 0.6 is 28.6 Å². The van der Waals surface area contributed by atoms with Gasteiger partial charge in [0.25, 0.3) is 5.60 Å². The zero-order chi connectivity index (χ0) is 13.4. The van der Waals surface area contributed by atoms with Crippen molar-refractivity contribution in [2.45, 2.75) is 18.0 Å². The molecule has 0 saturated heterocycles. The molecule has 0 aromatic heterocycles. The first-order chi connectivity index (χ1) is 6.77. The van der Waals surface area contributed by atoms with Crippen molar-refractivity contribution in [3.63, 3.8) is 0 Å². The van der Waals surface area contributed by atoms with Gasteiger partial charge in [-0.05, 0) is 28.6 Å². The van der Waals surface area contributed by atoms with Crippen molar-refractivity contribution in [3.8, 4) is 0 Å². The molecule has 16 heavy (non-hydrogen) atoms. The van der Waals surface area contributed by atoms with E-state index in [4.69, 9.17) is 0 Å². The molecule has 0 rings (SSSR count). The van der Waals surface area contributed by atoms with Gasteiger partial charge in [-0.1, -0.05) is 6.58 Å². The lowest BCUT2D eigenvalue weighted by atomic mass is 10.0. The second-order valence-electron chi connectivity index (χ2n) is 2.44. The molecule has 0 saturated carbocycles. The Hall–Kier alpha value is 0.0900. The van der Waals surface area contributed by atoms with Gasteiger partial charge in [0.2, 0.25) is 0 Å². The van der Waals surface area contributed by atoms with Gasteiger partial charge in [-0.3, -0.25) is 9.09 Å². The van der Waals surface area contributed by atoms with Crippen molar-refractivity contribution in [1.29, 1.82) is 0 Å². The van der Waals surface area contributed by atoms with Crippen LogP contribution in [0.4, 0.5) is 26.3 Å². The number of hydrogen-bond acceptors (Lipinski definition) is 2. The van der Waals surface area contributed by atoms with Crippen molar-refractivity contribution < 1.29 is 35.4 Å². The fraction of sp³-hybridized carbons (Fsp3) is 0.600. The molecule has 0 aromatic rings. The van der Waals surface area contributed by atoms with Crippen LogP contribution in [0, 0.1) is 0 Å². The third-order valence-corrected chi connectivity index (χ3v) is 2.29. The Balaban J connectivity index is 5.69. The molecule has 0 amide bonds. The van der Waals surface area contributed by atoms with Crippen LogP contribution < -0.4 is 0 Å². The van der Waals surface area contributed by atoms with Gasteiger partial charge in [-0.2, -0.15) is 26.3 Å². The van der Waals surface area contributed by atoms with Crippen LogP contribution in [0.3, 0.4) is 0 Å². The van der Waals surface area contributed by atoms with E-state index in [-0.39, 0.29) is 0 Å². The second-order valence-corrected chi connectivity index (χ2v) is 6.64. The van der Waals surface area contributed by atoms with E-state index in [1.807, 2.05) is 0 Å². The van der Waals surface area contributed by atoms with Gasteiger partial charge >= 0.3 is 18.4 Å². The van der Waals surface area contributed by atoms with Crippen molar-refractivity contribution in [2.24, 2.45) is 0 Å². The summed E-state index contributed by atoms with van der Waals surface area (Å²) in [6.07, 6.45) is -17.6. The molecule has 0 aromatic carbocycles. The maximum Gasteiger partial charge on any atom is 0.430 e. The van der Waals surface area contributed by atoms with E-state index in [0.29, 0.717) is 0 Å². The Morgan fingerprint density at radius 1 is 1.06 bits per heavy atom. The minimum Gasteiger partial charge on any atom is -0.276 e. The summed E-state index contributed by atoms with van der Waals surface area (Å²) in [6, 6.07) is 0. The van der Waals surface area contributed by atoms with Crippen LogP contribution in [0.2, 0.25) is 0 Å². The Labute approximate surface area is 95.2 Å². The van der Waals surface area contributed by atoms with Crippen molar-refractivity contribution >= 4 is 28.6 Å². The Morgan fingerprint density at radius 3 is 1.44 bits per heavy atom. The number of halogens is 8. The SMILES string of the molecule is C=CC(OP(=O)(Cl)Cl)(C(F)(F)F)C(F)(F)F. The van der Waals surface area contributed by atoms with E-state index in [1.165, 1.54) is 0 Å². The molecule has 96 valence electrons. The lowest BCUT2D eigenvalue weighted by Crippen LogP contribution is -2.56. The maximum absolute atomic E-state index is 12.2. The van der Waals surface area contributed by atoms with Crippen LogP contribution in [0.5, 0.6) is 0 Å². The van der Waals surface area contributed by atoms with Crippen LogP contribution in [-0.2, 0) is 9.09 Å². The van der Waals surface area contributed by atoms with Gasteiger partial charge < -0.3 is 0 Å². The summed E-state index contributed by atoms with van der Waals surface area (Å²) in [7, 11) is 0. The van der Waals surface area contributed by atoms with Gasteiger partial charge in [0, 0.05) is 0 Å². The molecule has 0 radical (unpaired) electrons. The zero-order valence-electron chi connectivity index (χ0n) is 7.07. The Bertz CT molecular complexity index is 304. The normalized spacial score (nSPS) is 15.0. The molecule has 0 aliphatic carbocycles. The Kier molecular flexibility index (Phi) is 4.43. The van der Waals surface area contributed by atoms with Gasteiger partial charge in [0.05, 0.1) is 0 Å². The molecular weight excluding hydrogens is 308 g/mol. The van der Waals surface area contributed by atoms with E-state index in [0.717, 1.165) is 0 Å². The first-order valence-corrected chi connectivity index (χ1v) is 6.67. The van der Waals surface area contributed by atoms with E-state index >= 15 is 0 Å². The quantitative estimate of drug-likeness (QED) is 0.431. The molecule has 0 fully saturated rings. The van der Waals surface area contributed by atoms with E-state index in [1.54, 1.807) is 0 Å². The van der Waals surface area contributed by atoms with E-state index < -0.39 is 30.1 Å². The van der Waals surface area contributed by atoms with Crippen molar-refractivity contribution in [2.75, 3.05) is 0 Å². The number of hydrogen-bond donors (Lipinski definition) is 0. The summed E-state index contributed by atoms with van der Waals surface area (Å²) in [6.45, 7) is 2.35. The molecule has 0 atom stereocenters. The predicted octanol–water partition coefficient (Wildman–Crippen LogP) is 4.64. The first-order valence-electron chi connectivity index (χ1n) is 3.24. The molecule has 0 N–H and O–H groups in total. The molecular formula is C5H3Cl2F6O2P. The van der Waals surface area contributed by atoms with Crippen molar-refractivity contribution in [3.05, 3.63) is 12.7 Å². The van der Waals surface area contributed by atoms with E-state index in [9.17, 15) is 30.9 Å². The Morgan fingerprint density at radius 2 is 1.38 bits per heavy atom. The third-order valence-electron chi connectivity index (χ3n) is 1.38. The number of rotatable bonds is 3. The average molecular weight is 311 g/mol. The minimum atomic E-state index is -5.95. The molecule has 2 nitrogen and oxygen atoms in total. The fourth-order valence-corrected chi connectivity index (χ4v) is 1.97. The summed E-state index contributed by atoms with van der Waals surface area (Å²) in [4.78, 5) is 0. The van der Waals surface area contributed by atoms with Crippen LogP contribution in [0.15, 0.2) is 12.7 Å². The smallest absolute Gasteiger partial charge is 0.276 e. The molecule has 0 aliphatic rings. The molecule has 0 aliphatic heterocycles. The highest BCUT2D eigenvalue weighted by molar-refractivity contribution is 8.05. The maximum atomic E-state index is 12.2. The predicted molar refractivity (Wildman–Crippen MR) is 45.4 cm³/mol. The number of alkyl halides is 6. The van der Waals surface area contributed by atoms with Gasteiger partial charge in [-0.25, -0.2) is 0 Å². The molecule has 0 spiro atoms. The first kappa shape index (κ1) is 16.1.